The van der Waals surface area contributed by atoms with Gasteiger partial charge in [0, 0.05) is 61.7 Å². The lowest BCUT2D eigenvalue weighted by Gasteiger charge is -2.16. The van der Waals surface area contributed by atoms with Crippen molar-refractivity contribution in [2.45, 2.75) is 27.7 Å². The molecule has 0 unspecified atom stereocenters. The molecule has 0 N–H and O–H groups in total. The fourth-order valence-corrected chi connectivity index (χ4v) is 8.02. The van der Waals surface area contributed by atoms with Crippen LogP contribution in [-0.4, -0.2) is 34.9 Å². The summed E-state index contributed by atoms with van der Waals surface area (Å²) in [4.78, 5) is 35.3. The molecule has 0 saturated carbocycles. The highest BCUT2D eigenvalue weighted by Gasteiger charge is 2.18. The second-order valence-corrected chi connectivity index (χ2v) is 16.1. The minimum absolute atomic E-state index is 0.560. The van der Waals surface area contributed by atoms with Gasteiger partial charge < -0.3 is 0 Å². The zero-order chi connectivity index (χ0) is 43.6. The topological polar surface area (TPSA) is 90.2 Å². The quantitative estimate of drug-likeness (QED) is 0.143. The average Bonchev–Trinajstić information content (AvgIpc) is 3.34. The van der Waals surface area contributed by atoms with Crippen molar-refractivity contribution in [1.29, 1.82) is 0 Å². The van der Waals surface area contributed by atoms with Crippen LogP contribution in [0.4, 0.5) is 0 Å². The molecule has 0 fully saturated rings. The molecule has 0 saturated heterocycles. The zero-order valence-electron chi connectivity index (χ0n) is 36.0. The number of hydrogen-bond donors (Lipinski definition) is 0. The van der Waals surface area contributed by atoms with Crippen LogP contribution < -0.4 is 0 Å². The lowest BCUT2D eigenvalue weighted by molar-refractivity contribution is 1.07. The number of rotatable bonds is 9. The van der Waals surface area contributed by atoms with Crippen LogP contribution >= 0.6 is 0 Å². The molecule has 0 radical (unpaired) electrons. The maximum Gasteiger partial charge on any atom is 0.164 e. The fourth-order valence-electron chi connectivity index (χ4n) is 8.02. The van der Waals surface area contributed by atoms with Gasteiger partial charge in [0.05, 0.1) is 22.8 Å². The maximum absolute atomic E-state index is 5.21. The second-order valence-electron chi connectivity index (χ2n) is 16.1. The molecule has 7 heteroatoms. The molecule has 5 aromatic carbocycles. The van der Waals surface area contributed by atoms with Crippen molar-refractivity contribution in [2.24, 2.45) is 0 Å². The summed E-state index contributed by atoms with van der Waals surface area (Å²) in [7, 11) is 0. The van der Waals surface area contributed by atoms with Crippen LogP contribution in [0.5, 0.6) is 0 Å². The van der Waals surface area contributed by atoms with Gasteiger partial charge in [0.15, 0.2) is 17.5 Å². The van der Waals surface area contributed by atoms with Gasteiger partial charge in [-0.05, 0) is 153 Å². The van der Waals surface area contributed by atoms with E-state index in [1.165, 1.54) is 0 Å². The summed E-state index contributed by atoms with van der Waals surface area (Å²) < 4.78 is 0. The first-order valence-corrected chi connectivity index (χ1v) is 21.4. The van der Waals surface area contributed by atoms with Crippen molar-refractivity contribution in [3.63, 3.8) is 0 Å². The van der Waals surface area contributed by atoms with Crippen molar-refractivity contribution < 1.29 is 0 Å². The third-order valence-corrected chi connectivity index (χ3v) is 11.2. The molecule has 0 aliphatic heterocycles. The maximum atomic E-state index is 5.21. The summed E-state index contributed by atoms with van der Waals surface area (Å²) in [6.07, 6.45) is 0. The van der Waals surface area contributed by atoms with E-state index in [9.17, 15) is 0 Å². The van der Waals surface area contributed by atoms with Gasteiger partial charge in [-0.3, -0.25) is 19.9 Å². The highest BCUT2D eigenvalue weighted by Crippen LogP contribution is 2.39. The highest BCUT2D eigenvalue weighted by molar-refractivity contribution is 5.87. The lowest BCUT2D eigenvalue weighted by atomic mass is 9.91. The molecule has 7 nitrogen and oxygen atoms in total. The third-order valence-electron chi connectivity index (χ3n) is 11.2. The molecule has 64 heavy (non-hydrogen) atoms. The summed E-state index contributed by atoms with van der Waals surface area (Å²) in [6.45, 7) is 8.09. The Labute approximate surface area is 373 Å². The molecule has 0 spiro atoms. The monoisotopic (exact) mass is 825 g/mol. The van der Waals surface area contributed by atoms with Gasteiger partial charge in [0.1, 0.15) is 0 Å². The number of pyridine rings is 4. The van der Waals surface area contributed by atoms with Crippen LogP contribution in [-0.2, 0) is 0 Å². The van der Waals surface area contributed by atoms with Crippen LogP contribution in [0.3, 0.4) is 0 Å². The molecular formula is C57H43N7. The molecule has 0 aliphatic carbocycles. The van der Waals surface area contributed by atoms with Crippen LogP contribution in [0.2, 0.25) is 0 Å². The van der Waals surface area contributed by atoms with E-state index in [0.717, 1.165) is 107 Å². The van der Waals surface area contributed by atoms with Crippen molar-refractivity contribution >= 4 is 0 Å². The number of aryl methyl sites for hydroxylation is 4. The van der Waals surface area contributed by atoms with Gasteiger partial charge in [-0.1, -0.05) is 84.9 Å². The molecule has 0 atom stereocenters. The van der Waals surface area contributed by atoms with Crippen molar-refractivity contribution in [3.8, 4) is 101 Å². The summed E-state index contributed by atoms with van der Waals surface area (Å²) in [5.74, 6) is 1.75. The largest absolute Gasteiger partial charge is 0.253 e. The van der Waals surface area contributed by atoms with E-state index in [0.29, 0.717) is 17.5 Å². The Morgan fingerprint density at radius 2 is 0.453 bits per heavy atom. The summed E-state index contributed by atoms with van der Waals surface area (Å²) in [5, 5.41) is 0. The first kappa shape index (κ1) is 39.8. The van der Waals surface area contributed by atoms with E-state index < -0.39 is 0 Å². The molecule has 0 bridgehead atoms. The van der Waals surface area contributed by atoms with Gasteiger partial charge in [-0.25, -0.2) is 15.0 Å². The van der Waals surface area contributed by atoms with E-state index in [-0.39, 0.29) is 0 Å². The summed E-state index contributed by atoms with van der Waals surface area (Å²) in [5.41, 5.74) is 17.9. The Morgan fingerprint density at radius 3 is 0.750 bits per heavy atom. The smallest absolute Gasteiger partial charge is 0.164 e. The number of aromatic nitrogens is 7. The molecular weight excluding hydrogens is 783 g/mol. The normalized spacial score (nSPS) is 11.1. The van der Waals surface area contributed by atoms with Crippen molar-refractivity contribution in [1.82, 2.24) is 34.9 Å². The Kier molecular flexibility index (Phi) is 10.7. The third kappa shape index (κ3) is 8.60. The predicted molar refractivity (Wildman–Crippen MR) is 259 cm³/mol. The van der Waals surface area contributed by atoms with Crippen LogP contribution in [0.15, 0.2) is 188 Å². The van der Waals surface area contributed by atoms with Crippen LogP contribution in [0.1, 0.15) is 22.8 Å². The fraction of sp³-hybridized carbons (Fsp3) is 0.0702. The molecule has 0 aliphatic rings. The van der Waals surface area contributed by atoms with Crippen LogP contribution in [0, 0.1) is 27.7 Å². The standard InChI is InChI=1S/C57H43N7/c1-36-15-11-23-51(58-36)46-28-44(29-47(34-46)52-24-12-16-37(2)59-52)42-27-43(45-30-48(53-25-13-17-38(3)60-53)35-49(31-45)54-26-14-18-39(4)61-54)33-50(32-42)57-63-55(40-19-7-5-8-20-40)62-56(64-57)41-21-9-6-10-22-41/h5-35H,1-4H3. The van der Waals surface area contributed by atoms with E-state index in [2.05, 4.69) is 103 Å². The minimum Gasteiger partial charge on any atom is -0.253 e. The summed E-state index contributed by atoms with van der Waals surface area (Å²) in [6, 6.07) is 64.6. The Morgan fingerprint density at radius 1 is 0.203 bits per heavy atom. The summed E-state index contributed by atoms with van der Waals surface area (Å²) >= 11 is 0. The Hall–Kier alpha value is -8.29. The van der Waals surface area contributed by atoms with E-state index >= 15 is 0 Å². The molecule has 306 valence electrons. The molecule has 5 aromatic heterocycles. The highest BCUT2D eigenvalue weighted by atomic mass is 15.0. The Balaban J connectivity index is 1.26. The first-order valence-electron chi connectivity index (χ1n) is 21.4. The average molecular weight is 826 g/mol. The van der Waals surface area contributed by atoms with Gasteiger partial charge in [-0.15, -0.1) is 0 Å². The SMILES string of the molecule is Cc1cccc(-c2cc(-c3cc(-c4cc(-c5cccc(C)n5)cc(-c5cccc(C)n5)c4)cc(-c4nc(-c5ccccc5)nc(-c5ccccc5)n4)c3)cc(-c3cccc(C)n3)c2)n1. The van der Waals surface area contributed by atoms with Gasteiger partial charge in [0.2, 0.25) is 0 Å². The minimum atomic E-state index is 0.560. The Bertz CT molecular complexity index is 2990. The predicted octanol–water partition coefficient (Wildman–Crippen LogP) is 13.7. The second kappa shape index (κ2) is 17.2. The van der Waals surface area contributed by atoms with E-state index in [4.69, 9.17) is 34.9 Å². The lowest BCUT2D eigenvalue weighted by Crippen LogP contribution is -2.00. The number of benzene rings is 5. The van der Waals surface area contributed by atoms with Gasteiger partial charge in [0.25, 0.3) is 0 Å². The number of nitrogens with zero attached hydrogens (tertiary/aromatic N) is 7. The van der Waals surface area contributed by atoms with Crippen molar-refractivity contribution in [2.75, 3.05) is 0 Å². The zero-order valence-corrected chi connectivity index (χ0v) is 36.0. The number of hydrogen-bond acceptors (Lipinski definition) is 7. The van der Waals surface area contributed by atoms with Crippen molar-refractivity contribution in [3.05, 3.63) is 211 Å². The van der Waals surface area contributed by atoms with E-state index in [1.54, 1.807) is 0 Å². The molecule has 5 heterocycles. The van der Waals surface area contributed by atoms with Gasteiger partial charge in [-0.2, -0.15) is 0 Å². The van der Waals surface area contributed by atoms with Crippen LogP contribution in [0.25, 0.3) is 101 Å². The molecule has 10 aromatic rings. The first-order chi connectivity index (χ1) is 31.3. The molecule has 10 rings (SSSR count). The van der Waals surface area contributed by atoms with Gasteiger partial charge >= 0.3 is 0 Å². The molecule has 0 amide bonds. The van der Waals surface area contributed by atoms with E-state index in [1.807, 2.05) is 113 Å².